The molecule has 2 heterocycles. The molecule has 0 radical (unpaired) electrons. The van der Waals surface area contributed by atoms with Gasteiger partial charge in [-0.2, -0.15) is 0 Å². The summed E-state index contributed by atoms with van der Waals surface area (Å²) in [4.78, 5) is 20.9. The van der Waals surface area contributed by atoms with Crippen LogP contribution in [0.5, 0.6) is 11.5 Å². The number of halogens is 2. The van der Waals surface area contributed by atoms with Crippen LogP contribution in [0.15, 0.2) is 36.5 Å². The van der Waals surface area contributed by atoms with Crippen molar-refractivity contribution in [2.24, 2.45) is 0 Å². The van der Waals surface area contributed by atoms with Crippen LogP contribution in [-0.2, 0) is 0 Å². The molecule has 1 aliphatic rings. The Labute approximate surface area is 159 Å². The van der Waals surface area contributed by atoms with E-state index in [1.807, 2.05) is 19.1 Å². The molecule has 8 heteroatoms. The second-order valence-corrected chi connectivity index (χ2v) is 6.26. The number of nitrogens with zero attached hydrogens (tertiary/aromatic N) is 2. The number of anilines is 1. The Kier molecular flexibility index (Phi) is 4.38. The van der Waals surface area contributed by atoms with E-state index in [4.69, 9.17) is 9.47 Å². The number of aryl methyl sites for hydroxylation is 2. The van der Waals surface area contributed by atoms with Crippen molar-refractivity contribution < 1.29 is 23.0 Å². The third-order valence-electron chi connectivity index (χ3n) is 4.35. The first-order valence-corrected chi connectivity index (χ1v) is 8.43. The van der Waals surface area contributed by atoms with Crippen molar-refractivity contribution in [2.45, 2.75) is 13.8 Å². The van der Waals surface area contributed by atoms with E-state index < -0.39 is 23.1 Å². The molecule has 1 aliphatic heterocycles. The zero-order valence-corrected chi connectivity index (χ0v) is 15.0. The van der Waals surface area contributed by atoms with Crippen LogP contribution >= 0.6 is 0 Å². The first kappa shape index (κ1) is 17.8. The van der Waals surface area contributed by atoms with Crippen molar-refractivity contribution >= 4 is 11.7 Å². The second kappa shape index (κ2) is 6.88. The van der Waals surface area contributed by atoms with Gasteiger partial charge < -0.3 is 14.8 Å². The van der Waals surface area contributed by atoms with Crippen molar-refractivity contribution in [1.82, 2.24) is 9.97 Å². The molecule has 0 aliphatic carbocycles. The molecule has 0 fully saturated rings. The number of benzene rings is 2. The van der Waals surface area contributed by atoms with Gasteiger partial charge in [0, 0.05) is 5.56 Å². The van der Waals surface area contributed by atoms with Gasteiger partial charge in [-0.25, -0.2) is 13.8 Å². The number of fused-ring (bicyclic) bond motifs is 1. The van der Waals surface area contributed by atoms with E-state index in [-0.39, 0.29) is 12.6 Å². The third kappa shape index (κ3) is 3.13. The summed E-state index contributed by atoms with van der Waals surface area (Å²) >= 11 is 0. The fourth-order valence-corrected chi connectivity index (χ4v) is 3.00. The molecule has 0 bridgehead atoms. The lowest BCUT2D eigenvalue weighted by Crippen LogP contribution is -2.17. The highest BCUT2D eigenvalue weighted by molar-refractivity contribution is 6.04. The summed E-state index contributed by atoms with van der Waals surface area (Å²) < 4.78 is 38.3. The quantitative estimate of drug-likeness (QED) is 0.740. The maximum atomic E-state index is 13.8. The maximum absolute atomic E-state index is 13.8. The van der Waals surface area contributed by atoms with Crippen LogP contribution in [0.4, 0.5) is 14.6 Å². The van der Waals surface area contributed by atoms with E-state index in [0.29, 0.717) is 22.9 Å². The van der Waals surface area contributed by atoms with Crippen molar-refractivity contribution in [1.29, 1.82) is 0 Å². The zero-order valence-electron chi connectivity index (χ0n) is 15.0. The highest BCUT2D eigenvalue weighted by atomic mass is 19.1. The van der Waals surface area contributed by atoms with Gasteiger partial charge in [0.05, 0.1) is 17.6 Å². The lowest BCUT2D eigenvalue weighted by molar-refractivity contribution is 0.101. The maximum Gasteiger partial charge on any atom is 0.262 e. The van der Waals surface area contributed by atoms with Crippen LogP contribution in [-0.4, -0.2) is 22.7 Å². The lowest BCUT2D eigenvalue weighted by Gasteiger charge is -2.11. The number of hydrogen-bond acceptors (Lipinski definition) is 5. The smallest absolute Gasteiger partial charge is 0.262 e. The Bertz CT molecular complexity index is 1080. The molecule has 0 spiro atoms. The molecule has 0 saturated carbocycles. The number of carbonyl (C=O) groups excluding carboxylic acids is 1. The van der Waals surface area contributed by atoms with E-state index >= 15 is 0 Å². The molecule has 2 aromatic carbocycles. The van der Waals surface area contributed by atoms with E-state index in [1.165, 1.54) is 12.3 Å². The summed E-state index contributed by atoms with van der Waals surface area (Å²) in [5.74, 6) is -1.45. The SMILES string of the molecule is Cc1cc2c(cc1-c1ncc(NC(=O)c3c(F)cccc3F)nc1C)OCO2. The van der Waals surface area contributed by atoms with Gasteiger partial charge >= 0.3 is 0 Å². The Morgan fingerprint density at radius 3 is 2.46 bits per heavy atom. The number of ether oxygens (including phenoxy) is 2. The highest BCUT2D eigenvalue weighted by Crippen LogP contribution is 2.38. The summed E-state index contributed by atoms with van der Waals surface area (Å²) in [5.41, 5.74) is 2.21. The number of nitrogens with one attached hydrogen (secondary N) is 1. The van der Waals surface area contributed by atoms with Gasteiger partial charge in [0.25, 0.3) is 5.91 Å². The Hall–Kier alpha value is -3.55. The van der Waals surface area contributed by atoms with Crippen LogP contribution in [0.2, 0.25) is 0 Å². The van der Waals surface area contributed by atoms with Gasteiger partial charge in [-0.3, -0.25) is 9.78 Å². The number of amides is 1. The lowest BCUT2D eigenvalue weighted by atomic mass is 10.0. The fourth-order valence-electron chi connectivity index (χ4n) is 3.00. The summed E-state index contributed by atoms with van der Waals surface area (Å²) in [5, 5.41) is 2.38. The Morgan fingerprint density at radius 1 is 1.11 bits per heavy atom. The molecule has 1 aromatic heterocycles. The van der Waals surface area contributed by atoms with Crippen molar-refractivity contribution in [3.05, 3.63) is 65.0 Å². The third-order valence-corrected chi connectivity index (χ3v) is 4.35. The minimum Gasteiger partial charge on any atom is -0.454 e. The standard InChI is InChI=1S/C20H15F2N3O3/c1-10-6-15-16(28-9-27-15)7-12(10)19-11(2)24-17(8-23-19)25-20(26)18-13(21)4-3-5-14(18)22/h3-8H,9H2,1-2H3,(H,24,25,26). The van der Waals surface area contributed by atoms with Crippen molar-refractivity contribution in [2.75, 3.05) is 12.1 Å². The first-order valence-electron chi connectivity index (χ1n) is 8.43. The van der Waals surface area contributed by atoms with Gasteiger partial charge in [-0.1, -0.05) is 6.07 Å². The minimum absolute atomic E-state index is 0.0901. The van der Waals surface area contributed by atoms with E-state index in [0.717, 1.165) is 23.3 Å². The van der Waals surface area contributed by atoms with Crippen molar-refractivity contribution in [3.8, 4) is 22.8 Å². The molecule has 28 heavy (non-hydrogen) atoms. The second-order valence-electron chi connectivity index (χ2n) is 6.26. The molecule has 1 amide bonds. The number of aromatic nitrogens is 2. The van der Waals surface area contributed by atoms with Crippen LogP contribution in [0, 0.1) is 25.5 Å². The minimum atomic E-state index is -0.949. The summed E-state index contributed by atoms with van der Waals surface area (Å²) in [7, 11) is 0. The molecule has 4 rings (SSSR count). The molecule has 0 atom stereocenters. The van der Waals surface area contributed by atoms with E-state index in [9.17, 15) is 13.6 Å². The molecule has 3 aromatic rings. The zero-order chi connectivity index (χ0) is 19.8. The summed E-state index contributed by atoms with van der Waals surface area (Å²) in [6, 6.07) is 6.89. The predicted molar refractivity (Wildman–Crippen MR) is 97.4 cm³/mol. The van der Waals surface area contributed by atoms with Crippen LogP contribution in [0.1, 0.15) is 21.6 Å². The first-order chi connectivity index (χ1) is 13.4. The number of hydrogen-bond donors (Lipinski definition) is 1. The molecule has 142 valence electrons. The molecule has 1 N–H and O–H groups in total. The Morgan fingerprint density at radius 2 is 1.79 bits per heavy atom. The molecular weight excluding hydrogens is 368 g/mol. The normalized spacial score (nSPS) is 12.1. The molecule has 6 nitrogen and oxygen atoms in total. The van der Waals surface area contributed by atoms with Gasteiger partial charge in [-0.05, 0) is 43.7 Å². The monoisotopic (exact) mass is 383 g/mol. The average Bonchev–Trinajstić information content (AvgIpc) is 3.08. The topological polar surface area (TPSA) is 73.3 Å². The van der Waals surface area contributed by atoms with Gasteiger partial charge in [0.2, 0.25) is 6.79 Å². The van der Waals surface area contributed by atoms with E-state index in [2.05, 4.69) is 15.3 Å². The van der Waals surface area contributed by atoms with E-state index in [1.54, 1.807) is 6.92 Å². The number of rotatable bonds is 3. The molecule has 0 unspecified atom stereocenters. The van der Waals surface area contributed by atoms with Crippen molar-refractivity contribution in [3.63, 3.8) is 0 Å². The Balaban J connectivity index is 1.63. The van der Waals surface area contributed by atoms with Gasteiger partial charge in [-0.15, -0.1) is 0 Å². The summed E-state index contributed by atoms with van der Waals surface area (Å²) in [6.07, 6.45) is 1.34. The van der Waals surface area contributed by atoms with Crippen LogP contribution in [0.25, 0.3) is 11.3 Å². The molecule has 0 saturated heterocycles. The molecular formula is C20H15F2N3O3. The number of carbonyl (C=O) groups is 1. The fraction of sp³-hybridized carbons (Fsp3) is 0.150. The van der Waals surface area contributed by atoms with Crippen LogP contribution < -0.4 is 14.8 Å². The highest BCUT2D eigenvalue weighted by Gasteiger charge is 2.20. The van der Waals surface area contributed by atoms with Gasteiger partial charge in [0.15, 0.2) is 17.3 Å². The summed E-state index contributed by atoms with van der Waals surface area (Å²) in [6.45, 7) is 3.81. The van der Waals surface area contributed by atoms with Gasteiger partial charge in [0.1, 0.15) is 17.2 Å². The van der Waals surface area contributed by atoms with Crippen LogP contribution in [0.3, 0.4) is 0 Å². The largest absolute Gasteiger partial charge is 0.454 e. The average molecular weight is 383 g/mol. The predicted octanol–water partition coefficient (Wildman–Crippen LogP) is 4.02.